The van der Waals surface area contributed by atoms with E-state index in [-0.39, 0.29) is 46.4 Å². The lowest BCUT2D eigenvalue weighted by Gasteiger charge is -2.39. The van der Waals surface area contributed by atoms with Gasteiger partial charge in [-0.05, 0) is 52.9 Å². The van der Waals surface area contributed by atoms with Crippen molar-refractivity contribution in [3.63, 3.8) is 0 Å². The van der Waals surface area contributed by atoms with Gasteiger partial charge in [-0.15, -0.1) is 0 Å². The predicted molar refractivity (Wildman–Crippen MR) is 128 cm³/mol. The van der Waals surface area contributed by atoms with Crippen LogP contribution >= 0.6 is 0 Å². The molecule has 0 saturated carbocycles. The quantitative estimate of drug-likeness (QED) is 0.528. The third-order valence-corrected chi connectivity index (χ3v) is 6.58. The van der Waals surface area contributed by atoms with Crippen molar-refractivity contribution in [2.75, 3.05) is 25.0 Å². The number of alkyl halides is 2. The van der Waals surface area contributed by atoms with Gasteiger partial charge in [0, 0.05) is 49.9 Å². The SMILES string of the molecule is CN(c1nc(-c2cnn(C(F)F)c2)c2c(c1F)CCCCC2=O)C1CCCN(C(=O)OC(C)(C)C)C1. The van der Waals surface area contributed by atoms with Gasteiger partial charge in [-0.1, -0.05) is 0 Å². The van der Waals surface area contributed by atoms with Gasteiger partial charge in [0.05, 0.1) is 17.5 Å². The monoisotopic (exact) mass is 507 g/mol. The summed E-state index contributed by atoms with van der Waals surface area (Å²) >= 11 is 0. The average molecular weight is 508 g/mol. The number of carbonyl (C=O) groups excluding carboxylic acids is 2. The summed E-state index contributed by atoms with van der Waals surface area (Å²) in [7, 11) is 1.70. The zero-order valence-corrected chi connectivity index (χ0v) is 21.1. The van der Waals surface area contributed by atoms with Crippen molar-refractivity contribution in [1.82, 2.24) is 19.7 Å². The Hall–Kier alpha value is -3.11. The third kappa shape index (κ3) is 5.34. The number of likely N-dealkylation sites (N-methyl/N-ethyl adjacent to an activating group) is 1. The summed E-state index contributed by atoms with van der Waals surface area (Å²) < 4.78 is 48.3. The van der Waals surface area contributed by atoms with Crippen molar-refractivity contribution in [1.29, 1.82) is 0 Å². The van der Waals surface area contributed by atoms with Crippen LogP contribution < -0.4 is 4.90 Å². The van der Waals surface area contributed by atoms with Crippen LogP contribution in [0.4, 0.5) is 23.8 Å². The van der Waals surface area contributed by atoms with Crippen LogP contribution in [0.3, 0.4) is 0 Å². The molecule has 0 aromatic carbocycles. The van der Waals surface area contributed by atoms with Crippen molar-refractivity contribution in [2.45, 2.75) is 77.5 Å². The number of pyridine rings is 1. The number of fused-ring (bicyclic) bond motifs is 1. The number of ether oxygens (including phenoxy) is 1. The Morgan fingerprint density at radius 2 is 1.94 bits per heavy atom. The number of hydrogen-bond acceptors (Lipinski definition) is 6. The predicted octanol–water partition coefficient (Wildman–Crippen LogP) is 5.22. The van der Waals surface area contributed by atoms with Gasteiger partial charge in [0.2, 0.25) is 0 Å². The fraction of sp³-hybridized carbons (Fsp3) is 0.600. The molecule has 4 rings (SSSR count). The smallest absolute Gasteiger partial charge is 0.410 e. The minimum Gasteiger partial charge on any atom is -0.444 e. The van der Waals surface area contributed by atoms with Gasteiger partial charge in [-0.2, -0.15) is 13.9 Å². The van der Waals surface area contributed by atoms with Crippen molar-refractivity contribution in [2.24, 2.45) is 0 Å². The average Bonchev–Trinajstić information content (AvgIpc) is 3.23. The first-order valence-corrected chi connectivity index (χ1v) is 12.2. The van der Waals surface area contributed by atoms with Crippen molar-refractivity contribution in [3.05, 3.63) is 29.3 Å². The molecule has 1 aliphatic heterocycles. The van der Waals surface area contributed by atoms with Gasteiger partial charge in [-0.25, -0.2) is 18.9 Å². The molecule has 0 spiro atoms. The van der Waals surface area contributed by atoms with Gasteiger partial charge >= 0.3 is 12.6 Å². The molecule has 0 bridgehead atoms. The largest absolute Gasteiger partial charge is 0.444 e. The van der Waals surface area contributed by atoms with Gasteiger partial charge in [0.1, 0.15) is 5.60 Å². The van der Waals surface area contributed by atoms with Gasteiger partial charge < -0.3 is 14.5 Å². The highest BCUT2D eigenvalue weighted by atomic mass is 19.3. The van der Waals surface area contributed by atoms with Crippen molar-refractivity contribution >= 4 is 17.7 Å². The van der Waals surface area contributed by atoms with E-state index in [2.05, 4.69) is 10.1 Å². The number of nitrogens with zero attached hydrogens (tertiary/aromatic N) is 5. The molecule has 0 N–H and O–H groups in total. The normalized spacial score (nSPS) is 18.7. The Morgan fingerprint density at radius 1 is 1.22 bits per heavy atom. The van der Waals surface area contributed by atoms with E-state index in [1.54, 1.807) is 37.6 Å². The molecule has 36 heavy (non-hydrogen) atoms. The maximum atomic E-state index is 15.9. The first-order valence-electron chi connectivity index (χ1n) is 12.2. The molecule has 2 aliphatic rings. The Labute approximate surface area is 208 Å². The molecule has 1 unspecified atom stereocenters. The van der Waals surface area contributed by atoms with E-state index in [4.69, 9.17) is 4.74 Å². The number of likely N-dealkylation sites (tertiary alicyclic amines) is 1. The first kappa shape index (κ1) is 26.0. The van der Waals surface area contributed by atoms with Crippen LogP contribution in [0.25, 0.3) is 11.3 Å². The van der Waals surface area contributed by atoms with Crippen LogP contribution in [0, 0.1) is 5.82 Å². The standard InChI is InChI=1S/C25H32F3N5O3/c1-25(2,3)36-24(35)32-11-7-8-16(14-32)31(4)22-20(26)17-9-5-6-10-18(34)19(17)21(30-22)15-12-29-33(13-15)23(27)28/h12-13,16,23H,5-11,14H2,1-4H3. The summed E-state index contributed by atoms with van der Waals surface area (Å²) in [5.74, 6) is -0.807. The molecular formula is C25H32F3N5O3. The van der Waals surface area contributed by atoms with Crippen LogP contribution in [-0.2, 0) is 11.2 Å². The summed E-state index contributed by atoms with van der Waals surface area (Å²) in [6.45, 7) is 3.40. The Balaban J connectivity index is 1.72. The van der Waals surface area contributed by atoms with E-state index >= 15 is 4.39 Å². The first-order chi connectivity index (χ1) is 17.0. The number of carbonyl (C=O) groups is 2. The van der Waals surface area contributed by atoms with Crippen LogP contribution in [0.2, 0.25) is 0 Å². The molecule has 8 nitrogen and oxygen atoms in total. The molecule has 11 heteroatoms. The molecule has 1 atom stereocenters. The number of rotatable bonds is 4. The Kier molecular flexibility index (Phi) is 7.28. The topological polar surface area (TPSA) is 80.6 Å². The third-order valence-electron chi connectivity index (χ3n) is 6.58. The van der Waals surface area contributed by atoms with Crippen molar-refractivity contribution in [3.8, 4) is 11.3 Å². The molecule has 2 aromatic rings. The Morgan fingerprint density at radius 3 is 2.61 bits per heavy atom. The number of anilines is 1. The van der Waals surface area contributed by atoms with Crippen LogP contribution in [0.1, 0.15) is 75.3 Å². The molecule has 1 saturated heterocycles. The molecule has 196 valence electrons. The van der Waals surface area contributed by atoms with E-state index < -0.39 is 24.1 Å². The van der Waals surface area contributed by atoms with Gasteiger partial charge in [0.15, 0.2) is 17.4 Å². The van der Waals surface area contributed by atoms with Crippen molar-refractivity contribution < 1.29 is 27.5 Å². The zero-order chi connectivity index (χ0) is 26.2. The summed E-state index contributed by atoms with van der Waals surface area (Å²) in [5.41, 5.74) is 0.163. The molecule has 1 aliphatic carbocycles. The zero-order valence-electron chi connectivity index (χ0n) is 21.1. The van der Waals surface area contributed by atoms with E-state index in [0.29, 0.717) is 49.9 Å². The fourth-order valence-electron chi connectivity index (χ4n) is 4.79. The molecule has 2 aromatic heterocycles. The highest BCUT2D eigenvalue weighted by Crippen LogP contribution is 2.36. The minimum atomic E-state index is -2.85. The number of hydrogen-bond donors (Lipinski definition) is 0. The second kappa shape index (κ2) is 10.1. The maximum absolute atomic E-state index is 15.9. The number of piperidine rings is 1. The van der Waals surface area contributed by atoms with Crippen LogP contribution in [-0.4, -0.2) is 63.3 Å². The highest BCUT2D eigenvalue weighted by molar-refractivity contribution is 6.03. The highest BCUT2D eigenvalue weighted by Gasteiger charge is 2.34. The number of Topliss-reactive ketones (excluding diaryl/α,β-unsaturated/α-hetero) is 1. The lowest BCUT2D eigenvalue weighted by Crippen LogP contribution is -2.50. The molecule has 0 radical (unpaired) electrons. The van der Waals surface area contributed by atoms with Crippen LogP contribution in [0.5, 0.6) is 0 Å². The van der Waals surface area contributed by atoms with E-state index in [9.17, 15) is 18.4 Å². The molecule has 3 heterocycles. The van der Waals surface area contributed by atoms with Gasteiger partial charge in [0.25, 0.3) is 0 Å². The fourth-order valence-corrected chi connectivity index (χ4v) is 4.79. The van der Waals surface area contributed by atoms with E-state index in [0.717, 1.165) is 6.20 Å². The minimum absolute atomic E-state index is 0.0271. The van der Waals surface area contributed by atoms with E-state index in [1.165, 1.54) is 6.20 Å². The summed E-state index contributed by atoms with van der Waals surface area (Å²) in [6.07, 6.45) is 5.15. The number of ketones is 1. The molecule has 1 fully saturated rings. The summed E-state index contributed by atoms with van der Waals surface area (Å²) in [4.78, 5) is 33.4. The second-order valence-corrected chi connectivity index (χ2v) is 10.4. The summed E-state index contributed by atoms with van der Waals surface area (Å²) in [5, 5.41) is 3.68. The Bertz CT molecular complexity index is 1140. The lowest BCUT2D eigenvalue weighted by atomic mass is 9.96. The van der Waals surface area contributed by atoms with E-state index in [1.807, 2.05) is 0 Å². The molecular weight excluding hydrogens is 475 g/mol. The second-order valence-electron chi connectivity index (χ2n) is 10.4. The number of aromatic nitrogens is 3. The number of amides is 1. The summed E-state index contributed by atoms with van der Waals surface area (Å²) in [6, 6.07) is -0.246. The van der Waals surface area contributed by atoms with Gasteiger partial charge in [-0.3, -0.25) is 4.79 Å². The lowest BCUT2D eigenvalue weighted by molar-refractivity contribution is 0.0198. The number of halogens is 3. The van der Waals surface area contributed by atoms with Crippen LogP contribution in [0.15, 0.2) is 12.4 Å². The maximum Gasteiger partial charge on any atom is 0.410 e. The molecule has 1 amide bonds.